The molecule has 0 atom stereocenters. The van der Waals surface area contributed by atoms with Gasteiger partial charge in [-0.05, 0) is 31.5 Å². The Morgan fingerprint density at radius 1 is 1.38 bits per heavy atom. The minimum atomic E-state index is 0.00668. The van der Waals surface area contributed by atoms with Crippen molar-refractivity contribution in [3.05, 3.63) is 29.3 Å². The molecule has 114 valence electrons. The fourth-order valence-corrected chi connectivity index (χ4v) is 2.01. The SMILES string of the molecule is CCCN(CC)C(=O)c1ccc(OC)c(C#CCCO)c1. The van der Waals surface area contributed by atoms with E-state index < -0.39 is 0 Å². The standard InChI is InChI=1S/C17H23NO3/c1-4-11-18(5-2)17(20)15-9-10-16(21-3)14(13-15)8-6-7-12-19/h9-10,13,19H,4-5,7,11-12H2,1-3H3. The highest BCUT2D eigenvalue weighted by Gasteiger charge is 2.14. The number of rotatable bonds is 6. The smallest absolute Gasteiger partial charge is 0.253 e. The van der Waals surface area contributed by atoms with E-state index in [9.17, 15) is 4.79 Å². The van der Waals surface area contributed by atoms with Crippen LogP contribution in [0.25, 0.3) is 0 Å². The van der Waals surface area contributed by atoms with Crippen LogP contribution in [-0.4, -0.2) is 42.7 Å². The van der Waals surface area contributed by atoms with Gasteiger partial charge in [-0.1, -0.05) is 18.8 Å². The molecule has 0 aliphatic rings. The summed E-state index contributed by atoms with van der Waals surface area (Å²) in [7, 11) is 1.57. The van der Waals surface area contributed by atoms with E-state index in [2.05, 4.69) is 18.8 Å². The van der Waals surface area contributed by atoms with E-state index in [4.69, 9.17) is 9.84 Å². The number of hydrogen-bond donors (Lipinski definition) is 1. The molecule has 0 aliphatic heterocycles. The van der Waals surface area contributed by atoms with E-state index >= 15 is 0 Å². The molecule has 4 nitrogen and oxygen atoms in total. The first kappa shape index (κ1) is 17.1. The van der Waals surface area contributed by atoms with Gasteiger partial charge in [0, 0.05) is 25.1 Å². The number of aliphatic hydroxyl groups is 1. The molecule has 0 radical (unpaired) electrons. The van der Waals surface area contributed by atoms with Gasteiger partial charge in [-0.15, -0.1) is 0 Å². The Morgan fingerprint density at radius 2 is 2.14 bits per heavy atom. The van der Waals surface area contributed by atoms with Crippen LogP contribution in [-0.2, 0) is 0 Å². The van der Waals surface area contributed by atoms with Crippen molar-refractivity contribution in [2.45, 2.75) is 26.7 Å². The molecular formula is C17H23NO3. The first-order chi connectivity index (χ1) is 10.2. The maximum atomic E-state index is 12.4. The summed E-state index contributed by atoms with van der Waals surface area (Å²) in [6, 6.07) is 5.27. The van der Waals surface area contributed by atoms with Crippen LogP contribution in [0, 0.1) is 11.8 Å². The molecule has 4 heteroatoms. The number of amides is 1. The number of methoxy groups -OCH3 is 1. The third kappa shape index (κ3) is 4.80. The second-order valence-electron chi connectivity index (χ2n) is 4.58. The summed E-state index contributed by atoms with van der Waals surface area (Å²) >= 11 is 0. The maximum Gasteiger partial charge on any atom is 0.253 e. The highest BCUT2D eigenvalue weighted by Crippen LogP contribution is 2.20. The molecule has 1 aromatic rings. The predicted octanol–water partition coefficient (Wildman–Crippen LogP) is 2.30. The lowest BCUT2D eigenvalue weighted by atomic mass is 10.1. The van der Waals surface area contributed by atoms with Gasteiger partial charge in [-0.3, -0.25) is 4.79 Å². The molecule has 1 amide bonds. The van der Waals surface area contributed by atoms with Crippen LogP contribution >= 0.6 is 0 Å². The van der Waals surface area contributed by atoms with Crippen LogP contribution in [0.15, 0.2) is 18.2 Å². The van der Waals surface area contributed by atoms with Gasteiger partial charge in [-0.25, -0.2) is 0 Å². The van der Waals surface area contributed by atoms with E-state index in [0.29, 0.717) is 29.8 Å². The summed E-state index contributed by atoms with van der Waals surface area (Å²) in [6.07, 6.45) is 1.33. The summed E-state index contributed by atoms with van der Waals surface area (Å²) < 4.78 is 5.26. The first-order valence-corrected chi connectivity index (χ1v) is 7.24. The van der Waals surface area contributed by atoms with Gasteiger partial charge < -0.3 is 14.7 Å². The normalized spacial score (nSPS) is 9.71. The third-order valence-electron chi connectivity index (χ3n) is 3.07. The number of benzene rings is 1. The van der Waals surface area contributed by atoms with Crippen LogP contribution in [0.5, 0.6) is 5.75 Å². The van der Waals surface area contributed by atoms with Crippen molar-refractivity contribution >= 4 is 5.91 Å². The number of nitrogens with zero attached hydrogens (tertiary/aromatic N) is 1. The molecule has 0 unspecified atom stereocenters. The minimum Gasteiger partial charge on any atom is -0.495 e. The zero-order valence-corrected chi connectivity index (χ0v) is 13.0. The average molecular weight is 289 g/mol. The molecule has 0 saturated carbocycles. The molecule has 1 N–H and O–H groups in total. The lowest BCUT2D eigenvalue weighted by molar-refractivity contribution is 0.0764. The summed E-state index contributed by atoms with van der Waals surface area (Å²) in [5.74, 6) is 6.44. The maximum absolute atomic E-state index is 12.4. The van der Waals surface area contributed by atoms with Crippen molar-refractivity contribution in [3.63, 3.8) is 0 Å². The molecule has 0 bridgehead atoms. The van der Waals surface area contributed by atoms with Crippen LogP contribution in [0.3, 0.4) is 0 Å². The van der Waals surface area contributed by atoms with Gasteiger partial charge in [0.25, 0.3) is 5.91 Å². The average Bonchev–Trinajstić information content (AvgIpc) is 2.52. The lowest BCUT2D eigenvalue weighted by Gasteiger charge is -2.20. The summed E-state index contributed by atoms with van der Waals surface area (Å²) in [6.45, 7) is 5.47. The summed E-state index contributed by atoms with van der Waals surface area (Å²) in [5, 5.41) is 8.78. The Labute approximate surface area is 126 Å². The van der Waals surface area contributed by atoms with Crippen molar-refractivity contribution in [3.8, 4) is 17.6 Å². The zero-order chi connectivity index (χ0) is 15.7. The number of ether oxygens (including phenoxy) is 1. The van der Waals surface area contributed by atoms with Gasteiger partial charge in [0.2, 0.25) is 0 Å². The molecule has 21 heavy (non-hydrogen) atoms. The molecular weight excluding hydrogens is 266 g/mol. The molecule has 0 saturated heterocycles. The fourth-order valence-electron chi connectivity index (χ4n) is 2.01. The van der Waals surface area contributed by atoms with Crippen LogP contribution < -0.4 is 4.74 Å². The summed E-state index contributed by atoms with van der Waals surface area (Å²) in [5.41, 5.74) is 1.28. The highest BCUT2D eigenvalue weighted by molar-refractivity contribution is 5.94. The van der Waals surface area contributed by atoms with Crippen molar-refractivity contribution in [1.29, 1.82) is 0 Å². The van der Waals surface area contributed by atoms with Gasteiger partial charge >= 0.3 is 0 Å². The number of carbonyl (C=O) groups excluding carboxylic acids is 1. The first-order valence-electron chi connectivity index (χ1n) is 7.24. The minimum absolute atomic E-state index is 0.00668. The van der Waals surface area contributed by atoms with E-state index in [1.165, 1.54) is 0 Å². The predicted molar refractivity (Wildman–Crippen MR) is 83.4 cm³/mol. The van der Waals surface area contributed by atoms with E-state index in [0.717, 1.165) is 13.0 Å². The molecule has 0 fully saturated rings. The van der Waals surface area contributed by atoms with Crippen molar-refractivity contribution < 1.29 is 14.6 Å². The third-order valence-corrected chi connectivity index (χ3v) is 3.07. The fraction of sp³-hybridized carbons (Fsp3) is 0.471. The second-order valence-corrected chi connectivity index (χ2v) is 4.58. The lowest BCUT2D eigenvalue weighted by Crippen LogP contribution is -2.31. The zero-order valence-electron chi connectivity index (χ0n) is 13.0. The highest BCUT2D eigenvalue weighted by atomic mass is 16.5. The Kier molecular flexibility index (Phi) is 7.34. The van der Waals surface area contributed by atoms with E-state index in [-0.39, 0.29) is 12.5 Å². The Morgan fingerprint density at radius 3 is 2.71 bits per heavy atom. The monoisotopic (exact) mass is 289 g/mol. The van der Waals surface area contributed by atoms with Crippen LogP contribution in [0.4, 0.5) is 0 Å². The van der Waals surface area contributed by atoms with E-state index in [1.807, 2.05) is 11.8 Å². The number of carbonyl (C=O) groups is 1. The van der Waals surface area contributed by atoms with Crippen molar-refractivity contribution in [1.82, 2.24) is 4.90 Å². The quantitative estimate of drug-likeness (QED) is 0.818. The van der Waals surface area contributed by atoms with Crippen LogP contribution in [0.1, 0.15) is 42.6 Å². The molecule has 0 aromatic heterocycles. The largest absolute Gasteiger partial charge is 0.495 e. The van der Waals surface area contributed by atoms with Gasteiger partial charge in [0.1, 0.15) is 5.75 Å². The van der Waals surface area contributed by atoms with Gasteiger partial charge in [0.15, 0.2) is 0 Å². The number of hydrogen-bond acceptors (Lipinski definition) is 3. The van der Waals surface area contributed by atoms with Gasteiger partial charge in [0.05, 0.1) is 19.3 Å². The van der Waals surface area contributed by atoms with Crippen LogP contribution in [0.2, 0.25) is 0 Å². The summed E-state index contributed by atoms with van der Waals surface area (Å²) in [4.78, 5) is 14.3. The molecule has 1 aromatic carbocycles. The van der Waals surface area contributed by atoms with Crippen molar-refractivity contribution in [2.75, 3.05) is 26.8 Å². The van der Waals surface area contributed by atoms with Crippen molar-refractivity contribution in [2.24, 2.45) is 0 Å². The topological polar surface area (TPSA) is 49.8 Å². The second kappa shape index (κ2) is 9.04. The molecule has 0 spiro atoms. The van der Waals surface area contributed by atoms with Gasteiger partial charge in [-0.2, -0.15) is 0 Å². The Bertz CT molecular complexity index is 529. The van der Waals surface area contributed by atoms with E-state index in [1.54, 1.807) is 25.3 Å². The molecule has 0 aliphatic carbocycles. The number of aliphatic hydroxyl groups excluding tert-OH is 1. The Balaban J connectivity index is 3.07. The molecule has 0 heterocycles. The molecule has 1 rings (SSSR count). The Hall–Kier alpha value is -1.99.